The standard InChI is InChI=1S/C20H15ClN4O2S/c21-15-9-5-4-8-14(15)10-22-19(26)18-16-17(24-28-18)20(27)25(12-23-16)11-13-6-2-1-3-7-13/h1-9,12H,10-11H2,(H,22,26). The Morgan fingerprint density at radius 2 is 1.82 bits per heavy atom. The Hall–Kier alpha value is -3.03. The van der Waals surface area contributed by atoms with Gasteiger partial charge in [0.1, 0.15) is 10.4 Å². The van der Waals surface area contributed by atoms with Gasteiger partial charge in [-0.3, -0.25) is 14.2 Å². The summed E-state index contributed by atoms with van der Waals surface area (Å²) in [6.45, 7) is 0.678. The highest BCUT2D eigenvalue weighted by atomic mass is 35.5. The minimum Gasteiger partial charge on any atom is -0.347 e. The molecule has 0 aliphatic heterocycles. The molecule has 0 fully saturated rings. The first-order valence-electron chi connectivity index (χ1n) is 8.54. The van der Waals surface area contributed by atoms with Crippen LogP contribution < -0.4 is 10.9 Å². The fraction of sp³-hybridized carbons (Fsp3) is 0.100. The number of aromatic nitrogens is 3. The third kappa shape index (κ3) is 3.67. The quantitative estimate of drug-likeness (QED) is 0.546. The maximum Gasteiger partial charge on any atom is 0.281 e. The Labute approximate surface area is 169 Å². The molecule has 0 bridgehead atoms. The molecule has 140 valence electrons. The van der Waals surface area contributed by atoms with Gasteiger partial charge in [0.15, 0.2) is 5.52 Å². The molecular weight excluding hydrogens is 396 g/mol. The highest BCUT2D eigenvalue weighted by molar-refractivity contribution is 7.09. The van der Waals surface area contributed by atoms with Crippen LogP contribution in [0.5, 0.6) is 0 Å². The van der Waals surface area contributed by atoms with Crippen LogP contribution in [0.4, 0.5) is 0 Å². The Kier molecular flexibility index (Phi) is 5.18. The van der Waals surface area contributed by atoms with E-state index in [2.05, 4.69) is 14.7 Å². The Bertz CT molecular complexity index is 1200. The summed E-state index contributed by atoms with van der Waals surface area (Å²) in [6.07, 6.45) is 1.46. The molecule has 0 atom stereocenters. The molecule has 0 aliphatic rings. The fourth-order valence-corrected chi connectivity index (χ4v) is 3.74. The van der Waals surface area contributed by atoms with E-state index in [9.17, 15) is 9.59 Å². The number of hydrogen-bond donors (Lipinski definition) is 1. The van der Waals surface area contributed by atoms with Gasteiger partial charge < -0.3 is 5.32 Å². The summed E-state index contributed by atoms with van der Waals surface area (Å²) < 4.78 is 5.66. The van der Waals surface area contributed by atoms with Crippen LogP contribution >= 0.6 is 23.1 Å². The second-order valence-corrected chi connectivity index (χ2v) is 7.33. The minimum atomic E-state index is -0.333. The number of hydrogen-bond acceptors (Lipinski definition) is 5. The van der Waals surface area contributed by atoms with Gasteiger partial charge in [0.25, 0.3) is 11.5 Å². The molecule has 4 aromatic rings. The number of nitrogens with zero attached hydrogens (tertiary/aromatic N) is 3. The number of rotatable bonds is 5. The van der Waals surface area contributed by atoms with Crippen molar-refractivity contribution in [2.75, 3.05) is 0 Å². The summed E-state index contributed by atoms with van der Waals surface area (Å²) in [4.78, 5) is 29.9. The lowest BCUT2D eigenvalue weighted by atomic mass is 10.2. The van der Waals surface area contributed by atoms with Gasteiger partial charge in [0, 0.05) is 11.6 Å². The third-order valence-corrected chi connectivity index (χ3v) is 5.46. The lowest BCUT2D eigenvalue weighted by Crippen LogP contribution is -2.24. The average Bonchev–Trinajstić information content (AvgIpc) is 3.15. The minimum absolute atomic E-state index is 0.200. The van der Waals surface area contributed by atoms with E-state index in [1.807, 2.05) is 48.5 Å². The van der Waals surface area contributed by atoms with E-state index < -0.39 is 0 Å². The molecule has 4 rings (SSSR count). The van der Waals surface area contributed by atoms with Crippen LogP contribution in [-0.4, -0.2) is 19.8 Å². The summed E-state index contributed by atoms with van der Waals surface area (Å²) in [6, 6.07) is 16.9. The zero-order valence-corrected chi connectivity index (χ0v) is 16.2. The highest BCUT2D eigenvalue weighted by Crippen LogP contribution is 2.19. The van der Waals surface area contributed by atoms with E-state index in [1.165, 1.54) is 10.9 Å². The smallest absolute Gasteiger partial charge is 0.281 e. The summed E-state index contributed by atoms with van der Waals surface area (Å²) in [7, 11) is 0. The second-order valence-electron chi connectivity index (χ2n) is 6.15. The van der Waals surface area contributed by atoms with Crippen molar-refractivity contribution in [3.05, 3.63) is 92.3 Å². The summed E-state index contributed by atoms with van der Waals surface area (Å²) in [5.41, 5.74) is 2.04. The van der Waals surface area contributed by atoms with Crippen LogP contribution in [-0.2, 0) is 13.1 Å². The molecule has 6 nitrogen and oxygen atoms in total. The molecule has 28 heavy (non-hydrogen) atoms. The van der Waals surface area contributed by atoms with Gasteiger partial charge in [-0.1, -0.05) is 60.1 Å². The molecule has 8 heteroatoms. The van der Waals surface area contributed by atoms with Gasteiger partial charge in [-0.15, -0.1) is 0 Å². The zero-order chi connectivity index (χ0) is 19.5. The first-order valence-corrected chi connectivity index (χ1v) is 9.69. The van der Waals surface area contributed by atoms with E-state index in [4.69, 9.17) is 11.6 Å². The lowest BCUT2D eigenvalue weighted by molar-refractivity contribution is 0.0956. The Morgan fingerprint density at radius 3 is 2.61 bits per heavy atom. The van der Waals surface area contributed by atoms with Crippen molar-refractivity contribution in [1.29, 1.82) is 0 Å². The molecule has 0 radical (unpaired) electrons. The summed E-state index contributed by atoms with van der Waals surface area (Å²) >= 11 is 7.08. The first-order chi connectivity index (χ1) is 13.6. The van der Waals surface area contributed by atoms with Crippen molar-refractivity contribution in [2.24, 2.45) is 0 Å². The molecule has 2 heterocycles. The number of halogens is 1. The van der Waals surface area contributed by atoms with Crippen molar-refractivity contribution in [1.82, 2.24) is 19.2 Å². The lowest BCUT2D eigenvalue weighted by Gasteiger charge is -2.06. The maximum absolute atomic E-state index is 12.7. The monoisotopic (exact) mass is 410 g/mol. The van der Waals surface area contributed by atoms with Crippen LogP contribution in [0.1, 0.15) is 20.8 Å². The van der Waals surface area contributed by atoms with Crippen LogP contribution in [0.25, 0.3) is 11.0 Å². The summed E-state index contributed by atoms with van der Waals surface area (Å²) in [5, 5.41) is 3.39. The number of amides is 1. The topological polar surface area (TPSA) is 76.9 Å². The molecule has 0 aliphatic carbocycles. The largest absolute Gasteiger partial charge is 0.347 e. The van der Waals surface area contributed by atoms with Crippen LogP contribution in [0.3, 0.4) is 0 Å². The molecule has 2 aromatic carbocycles. The molecule has 0 saturated carbocycles. The third-order valence-electron chi connectivity index (χ3n) is 4.26. The predicted octanol–water partition coefficient (Wildman–Crippen LogP) is 3.48. The normalized spacial score (nSPS) is 10.9. The van der Waals surface area contributed by atoms with Gasteiger partial charge in [-0.2, -0.15) is 4.37 Å². The number of fused-ring (bicyclic) bond motifs is 1. The molecule has 0 unspecified atom stereocenters. The predicted molar refractivity (Wildman–Crippen MR) is 110 cm³/mol. The zero-order valence-electron chi connectivity index (χ0n) is 14.6. The molecule has 1 amide bonds. The van der Waals surface area contributed by atoms with Crippen LogP contribution in [0.15, 0.2) is 65.7 Å². The van der Waals surface area contributed by atoms with Crippen molar-refractivity contribution in [3.63, 3.8) is 0 Å². The number of carbonyl (C=O) groups excluding carboxylic acids is 1. The van der Waals surface area contributed by atoms with Gasteiger partial charge in [-0.05, 0) is 28.7 Å². The molecule has 1 N–H and O–H groups in total. The average molecular weight is 411 g/mol. The van der Waals surface area contributed by atoms with Crippen LogP contribution in [0.2, 0.25) is 5.02 Å². The number of nitrogens with one attached hydrogen (secondary N) is 1. The SMILES string of the molecule is O=C(NCc1ccccc1Cl)c1snc2c(=O)n(Cc3ccccc3)cnc12. The van der Waals surface area contributed by atoms with Crippen molar-refractivity contribution in [3.8, 4) is 0 Å². The molecule has 0 spiro atoms. The summed E-state index contributed by atoms with van der Waals surface area (Å²) in [5.74, 6) is -0.333. The van der Waals surface area contributed by atoms with Gasteiger partial charge in [0.05, 0.1) is 12.9 Å². The molecule has 0 saturated heterocycles. The van der Waals surface area contributed by atoms with Crippen molar-refractivity contribution >= 4 is 40.1 Å². The van der Waals surface area contributed by atoms with Crippen LogP contribution in [0, 0.1) is 0 Å². The Balaban J connectivity index is 1.57. The van der Waals surface area contributed by atoms with E-state index in [0.717, 1.165) is 22.7 Å². The molecular formula is C20H15ClN4O2S. The Morgan fingerprint density at radius 1 is 1.07 bits per heavy atom. The van der Waals surface area contributed by atoms with E-state index in [0.29, 0.717) is 22.0 Å². The number of benzene rings is 2. The highest BCUT2D eigenvalue weighted by Gasteiger charge is 2.18. The van der Waals surface area contributed by atoms with Gasteiger partial charge >= 0.3 is 0 Å². The second kappa shape index (κ2) is 7.92. The molecule has 2 aromatic heterocycles. The van der Waals surface area contributed by atoms with E-state index in [-0.39, 0.29) is 23.5 Å². The van der Waals surface area contributed by atoms with Gasteiger partial charge in [0.2, 0.25) is 0 Å². The maximum atomic E-state index is 12.7. The van der Waals surface area contributed by atoms with Crippen molar-refractivity contribution in [2.45, 2.75) is 13.1 Å². The fourth-order valence-electron chi connectivity index (χ4n) is 2.80. The van der Waals surface area contributed by atoms with Gasteiger partial charge in [-0.25, -0.2) is 4.98 Å². The van der Waals surface area contributed by atoms with E-state index in [1.54, 1.807) is 6.07 Å². The first kappa shape index (κ1) is 18.3. The number of carbonyl (C=O) groups is 1. The van der Waals surface area contributed by atoms with E-state index >= 15 is 0 Å². The van der Waals surface area contributed by atoms with Crippen molar-refractivity contribution < 1.29 is 4.79 Å².